The molecule has 0 atom stereocenters. The van der Waals surface area contributed by atoms with Gasteiger partial charge in [0.2, 0.25) is 0 Å². The molecule has 0 bridgehead atoms. The number of aromatic nitrogens is 2. The summed E-state index contributed by atoms with van der Waals surface area (Å²) in [6, 6.07) is 13.5. The average molecular weight is 428 g/mol. The summed E-state index contributed by atoms with van der Waals surface area (Å²) in [6.45, 7) is 4.61. The van der Waals surface area contributed by atoms with Gasteiger partial charge in [-0.25, -0.2) is 4.98 Å². The van der Waals surface area contributed by atoms with E-state index in [0.29, 0.717) is 34.7 Å². The normalized spacial score (nSPS) is 14.4. The topological polar surface area (TPSA) is 38.1 Å². The van der Waals surface area contributed by atoms with Gasteiger partial charge in [-0.05, 0) is 43.2 Å². The fraction of sp³-hybridized carbons (Fsp3) is 0.304. The second-order valence-electron chi connectivity index (χ2n) is 7.42. The minimum absolute atomic E-state index is 0.178. The molecule has 0 aliphatic heterocycles. The second kappa shape index (κ2) is 8.60. The molecule has 1 fully saturated rings. The van der Waals surface area contributed by atoms with Crippen molar-refractivity contribution in [2.45, 2.75) is 38.3 Å². The number of rotatable bonds is 6. The third-order valence-corrected chi connectivity index (χ3v) is 6.05. The number of hydrogen-bond acceptors (Lipinski definition) is 2. The van der Waals surface area contributed by atoms with Crippen molar-refractivity contribution in [1.82, 2.24) is 14.5 Å². The van der Waals surface area contributed by atoms with Gasteiger partial charge in [0.15, 0.2) is 0 Å². The number of hydrogen-bond donors (Lipinski definition) is 0. The minimum atomic E-state index is -0.178. The molecule has 1 aliphatic carbocycles. The zero-order chi connectivity index (χ0) is 20.4. The summed E-state index contributed by atoms with van der Waals surface area (Å²) >= 11 is 12.4. The summed E-state index contributed by atoms with van der Waals surface area (Å²) in [5.74, 6) is 0.717. The molecule has 1 aromatic heterocycles. The Morgan fingerprint density at radius 2 is 1.97 bits per heavy atom. The molecule has 29 heavy (non-hydrogen) atoms. The van der Waals surface area contributed by atoms with Gasteiger partial charge in [-0.15, -0.1) is 6.58 Å². The Hall–Kier alpha value is -2.30. The fourth-order valence-corrected chi connectivity index (χ4v) is 4.52. The summed E-state index contributed by atoms with van der Waals surface area (Å²) in [7, 11) is 0. The van der Waals surface area contributed by atoms with E-state index in [1.165, 1.54) is 12.8 Å². The van der Waals surface area contributed by atoms with Crippen LogP contribution >= 0.6 is 23.2 Å². The van der Waals surface area contributed by atoms with Gasteiger partial charge in [-0.1, -0.05) is 54.3 Å². The van der Waals surface area contributed by atoms with E-state index in [2.05, 4.69) is 17.2 Å². The molecule has 0 radical (unpaired) electrons. The molecule has 3 aromatic rings. The molecule has 0 spiro atoms. The van der Waals surface area contributed by atoms with E-state index in [4.69, 9.17) is 28.2 Å². The van der Waals surface area contributed by atoms with E-state index < -0.39 is 0 Å². The van der Waals surface area contributed by atoms with E-state index in [9.17, 15) is 4.79 Å². The van der Waals surface area contributed by atoms with Crippen molar-refractivity contribution < 1.29 is 4.79 Å². The first-order chi connectivity index (χ1) is 14.1. The highest BCUT2D eigenvalue weighted by molar-refractivity contribution is 6.35. The standard InChI is InChI=1S/C23H23Cl2N3O/c1-2-13-27(23(29)18-14-16(24)11-12-19(18)25)15-22-26-20-9-5-6-10-21(20)28(22)17-7-3-4-8-17/h2,5-6,9-12,14,17H,1,3-4,7-8,13,15H2. The van der Waals surface area contributed by atoms with Crippen molar-refractivity contribution in [2.75, 3.05) is 6.54 Å². The number of carbonyl (C=O) groups is 1. The van der Waals surface area contributed by atoms with Gasteiger partial charge in [0, 0.05) is 17.6 Å². The molecule has 1 saturated carbocycles. The highest BCUT2D eigenvalue weighted by atomic mass is 35.5. The molecule has 6 heteroatoms. The Morgan fingerprint density at radius 3 is 2.72 bits per heavy atom. The average Bonchev–Trinajstić information content (AvgIpc) is 3.36. The van der Waals surface area contributed by atoms with Crippen LogP contribution in [0.3, 0.4) is 0 Å². The van der Waals surface area contributed by atoms with Crippen LogP contribution in [-0.4, -0.2) is 26.9 Å². The van der Waals surface area contributed by atoms with Crippen LogP contribution in [0.25, 0.3) is 11.0 Å². The predicted molar refractivity (Wildman–Crippen MR) is 119 cm³/mol. The lowest BCUT2D eigenvalue weighted by molar-refractivity contribution is 0.0756. The lowest BCUT2D eigenvalue weighted by Gasteiger charge is -2.24. The number of amides is 1. The summed E-state index contributed by atoms with van der Waals surface area (Å²) in [5.41, 5.74) is 2.48. The number of nitrogens with zero attached hydrogens (tertiary/aromatic N) is 3. The van der Waals surface area contributed by atoms with E-state index in [-0.39, 0.29) is 5.91 Å². The van der Waals surface area contributed by atoms with E-state index >= 15 is 0 Å². The van der Waals surface area contributed by atoms with Crippen molar-refractivity contribution in [2.24, 2.45) is 0 Å². The molecule has 0 unspecified atom stereocenters. The van der Waals surface area contributed by atoms with Gasteiger partial charge < -0.3 is 9.47 Å². The third kappa shape index (κ3) is 4.05. The maximum absolute atomic E-state index is 13.3. The molecule has 1 amide bonds. The maximum Gasteiger partial charge on any atom is 0.256 e. The number of fused-ring (bicyclic) bond motifs is 1. The molecule has 0 saturated heterocycles. The molecular formula is C23H23Cl2N3O. The molecule has 1 aliphatic rings. The summed E-state index contributed by atoms with van der Waals surface area (Å²) < 4.78 is 2.32. The molecule has 4 rings (SSSR count). The van der Waals surface area contributed by atoms with Crippen molar-refractivity contribution in [3.05, 3.63) is 76.6 Å². The highest BCUT2D eigenvalue weighted by Gasteiger charge is 2.25. The summed E-state index contributed by atoms with van der Waals surface area (Å²) in [4.78, 5) is 19.8. The molecule has 0 N–H and O–H groups in total. The molecule has 150 valence electrons. The largest absolute Gasteiger partial charge is 0.327 e. The SMILES string of the molecule is C=CCN(Cc1nc2ccccc2n1C1CCCC1)C(=O)c1cc(Cl)ccc1Cl. The van der Waals surface area contributed by atoms with Crippen LogP contribution < -0.4 is 0 Å². The van der Waals surface area contributed by atoms with Crippen molar-refractivity contribution >= 4 is 40.1 Å². The molecule has 2 aromatic carbocycles. The zero-order valence-electron chi connectivity index (χ0n) is 16.2. The van der Waals surface area contributed by atoms with E-state index in [0.717, 1.165) is 29.7 Å². The third-order valence-electron chi connectivity index (χ3n) is 5.49. The first-order valence-corrected chi connectivity index (χ1v) is 10.6. The van der Waals surface area contributed by atoms with Gasteiger partial charge in [0.25, 0.3) is 5.91 Å². The Balaban J connectivity index is 1.72. The lowest BCUT2D eigenvalue weighted by atomic mass is 10.2. The van der Waals surface area contributed by atoms with Crippen LogP contribution in [0, 0.1) is 0 Å². The van der Waals surface area contributed by atoms with Crippen LogP contribution in [0.1, 0.15) is 47.9 Å². The quantitative estimate of drug-likeness (QED) is 0.433. The fourth-order valence-electron chi connectivity index (χ4n) is 4.15. The first kappa shape index (κ1) is 20.0. The Labute approximate surface area is 180 Å². The Bertz CT molecular complexity index is 1050. The van der Waals surface area contributed by atoms with E-state index in [1.54, 1.807) is 29.2 Å². The van der Waals surface area contributed by atoms with Gasteiger partial charge in [0.1, 0.15) is 5.82 Å². The van der Waals surface area contributed by atoms with Crippen molar-refractivity contribution in [3.63, 3.8) is 0 Å². The molecule has 4 nitrogen and oxygen atoms in total. The van der Waals surface area contributed by atoms with Crippen molar-refractivity contribution in [3.8, 4) is 0 Å². The van der Waals surface area contributed by atoms with Gasteiger partial charge >= 0.3 is 0 Å². The number of para-hydroxylation sites is 2. The number of imidazole rings is 1. The monoisotopic (exact) mass is 427 g/mol. The van der Waals surface area contributed by atoms with Crippen LogP contribution in [0.4, 0.5) is 0 Å². The van der Waals surface area contributed by atoms with Crippen molar-refractivity contribution in [1.29, 1.82) is 0 Å². The number of benzene rings is 2. The molecule has 1 heterocycles. The maximum atomic E-state index is 13.3. The van der Waals surface area contributed by atoms with Gasteiger partial charge in [-0.2, -0.15) is 0 Å². The Morgan fingerprint density at radius 1 is 1.21 bits per heavy atom. The zero-order valence-corrected chi connectivity index (χ0v) is 17.7. The van der Waals surface area contributed by atoms with Crippen LogP contribution in [0.5, 0.6) is 0 Å². The van der Waals surface area contributed by atoms with Gasteiger partial charge in [0.05, 0.1) is 28.2 Å². The summed E-state index contributed by atoms with van der Waals surface area (Å²) in [6.07, 6.45) is 6.46. The second-order valence-corrected chi connectivity index (χ2v) is 8.27. The Kier molecular flexibility index (Phi) is 5.93. The highest BCUT2D eigenvalue weighted by Crippen LogP contribution is 2.34. The first-order valence-electron chi connectivity index (χ1n) is 9.89. The molecular weight excluding hydrogens is 405 g/mol. The number of halogens is 2. The van der Waals surface area contributed by atoms with Crippen LogP contribution in [-0.2, 0) is 6.54 Å². The van der Waals surface area contributed by atoms with Gasteiger partial charge in [-0.3, -0.25) is 4.79 Å². The minimum Gasteiger partial charge on any atom is -0.327 e. The number of carbonyl (C=O) groups excluding carboxylic acids is 1. The smallest absolute Gasteiger partial charge is 0.256 e. The predicted octanol–water partition coefficient (Wildman–Crippen LogP) is 6.29. The van der Waals surface area contributed by atoms with Crippen LogP contribution in [0.2, 0.25) is 10.0 Å². The summed E-state index contributed by atoms with van der Waals surface area (Å²) in [5, 5.41) is 0.868. The lowest BCUT2D eigenvalue weighted by Crippen LogP contribution is -2.32. The van der Waals surface area contributed by atoms with E-state index in [1.807, 2.05) is 18.2 Å². The van der Waals surface area contributed by atoms with Crippen LogP contribution in [0.15, 0.2) is 55.1 Å².